The van der Waals surface area contributed by atoms with Crippen LogP contribution >= 0.6 is 15.9 Å². The molecule has 0 aliphatic carbocycles. The van der Waals surface area contributed by atoms with Crippen LogP contribution in [0.25, 0.3) is 0 Å². The molecule has 23 heavy (non-hydrogen) atoms. The van der Waals surface area contributed by atoms with E-state index in [0.717, 1.165) is 15.8 Å². The average molecular weight is 379 g/mol. The summed E-state index contributed by atoms with van der Waals surface area (Å²) < 4.78 is 12.4. The Bertz CT molecular complexity index is 682. The van der Waals surface area contributed by atoms with Crippen molar-refractivity contribution < 1.29 is 19.4 Å². The van der Waals surface area contributed by atoms with Gasteiger partial charge in [0.05, 0.1) is 12.5 Å². The predicted molar refractivity (Wildman–Crippen MR) is 92.0 cm³/mol. The van der Waals surface area contributed by atoms with Gasteiger partial charge in [-0.3, -0.25) is 4.79 Å². The molecule has 0 unspecified atom stereocenters. The molecule has 0 saturated carbocycles. The van der Waals surface area contributed by atoms with Gasteiger partial charge in [-0.15, -0.1) is 0 Å². The van der Waals surface area contributed by atoms with Crippen LogP contribution in [0.3, 0.4) is 0 Å². The van der Waals surface area contributed by atoms with Gasteiger partial charge >= 0.3 is 5.97 Å². The lowest BCUT2D eigenvalue weighted by molar-refractivity contribution is -0.136. The molecule has 1 N–H and O–H groups in total. The van der Waals surface area contributed by atoms with E-state index in [1.165, 1.54) is 0 Å². The van der Waals surface area contributed by atoms with Crippen LogP contribution in [0.4, 0.5) is 0 Å². The van der Waals surface area contributed by atoms with Crippen LogP contribution in [0.5, 0.6) is 11.5 Å². The first-order valence-electron chi connectivity index (χ1n) is 7.32. The van der Waals surface area contributed by atoms with Gasteiger partial charge in [-0.05, 0) is 43.7 Å². The van der Waals surface area contributed by atoms with E-state index in [1.807, 2.05) is 38.1 Å². The maximum absolute atomic E-state index is 10.9. The van der Waals surface area contributed by atoms with Gasteiger partial charge in [-0.2, -0.15) is 0 Å². The molecule has 0 amide bonds. The molecular weight excluding hydrogens is 360 g/mol. The molecule has 0 saturated heterocycles. The van der Waals surface area contributed by atoms with E-state index in [4.69, 9.17) is 14.6 Å². The third-order valence-corrected chi connectivity index (χ3v) is 3.47. The Morgan fingerprint density at radius 2 is 1.96 bits per heavy atom. The minimum Gasteiger partial charge on any atom is -0.491 e. The van der Waals surface area contributed by atoms with Crippen LogP contribution in [0.1, 0.15) is 25.0 Å². The molecule has 0 aliphatic rings. The Kier molecular flexibility index (Phi) is 6.04. The van der Waals surface area contributed by atoms with Crippen molar-refractivity contribution in [2.45, 2.75) is 33.0 Å². The van der Waals surface area contributed by atoms with Crippen molar-refractivity contribution in [1.29, 1.82) is 0 Å². The highest BCUT2D eigenvalue weighted by Crippen LogP contribution is 2.25. The van der Waals surface area contributed by atoms with Crippen LogP contribution < -0.4 is 9.47 Å². The molecular formula is C18H19BrO4. The highest BCUT2D eigenvalue weighted by atomic mass is 79.9. The SMILES string of the molecule is CC(C)Oc1cc(Br)cc(COc2ccccc2CC(=O)O)c1. The summed E-state index contributed by atoms with van der Waals surface area (Å²) in [7, 11) is 0. The van der Waals surface area contributed by atoms with Crippen molar-refractivity contribution in [3.8, 4) is 11.5 Å². The molecule has 0 spiro atoms. The number of carboxylic acid groups (broad SMARTS) is 1. The molecule has 0 aliphatic heterocycles. The lowest BCUT2D eigenvalue weighted by Gasteiger charge is -2.13. The molecule has 0 bridgehead atoms. The highest BCUT2D eigenvalue weighted by Gasteiger charge is 2.08. The molecule has 0 aromatic heterocycles. The Hall–Kier alpha value is -2.01. The monoisotopic (exact) mass is 378 g/mol. The summed E-state index contributed by atoms with van der Waals surface area (Å²) in [5, 5.41) is 8.95. The van der Waals surface area contributed by atoms with Gasteiger partial charge in [0, 0.05) is 10.0 Å². The second kappa shape index (κ2) is 8.02. The topological polar surface area (TPSA) is 55.8 Å². The fourth-order valence-electron chi connectivity index (χ4n) is 2.16. The Morgan fingerprint density at radius 1 is 1.22 bits per heavy atom. The Labute approximate surface area is 144 Å². The largest absolute Gasteiger partial charge is 0.491 e. The summed E-state index contributed by atoms with van der Waals surface area (Å²) in [6.45, 7) is 4.28. The number of rotatable bonds is 7. The molecule has 0 heterocycles. The fourth-order valence-corrected chi connectivity index (χ4v) is 2.68. The molecule has 4 nitrogen and oxygen atoms in total. The van der Waals surface area contributed by atoms with Crippen LogP contribution in [0.15, 0.2) is 46.9 Å². The number of carbonyl (C=O) groups is 1. The van der Waals surface area contributed by atoms with Crippen molar-refractivity contribution >= 4 is 21.9 Å². The number of para-hydroxylation sites is 1. The molecule has 2 rings (SSSR count). The fraction of sp³-hybridized carbons (Fsp3) is 0.278. The van der Waals surface area contributed by atoms with Gasteiger partial charge in [-0.25, -0.2) is 0 Å². The van der Waals surface area contributed by atoms with Gasteiger partial charge < -0.3 is 14.6 Å². The standard InChI is InChI=1S/C18H19BrO4/c1-12(2)23-16-8-13(7-15(19)10-16)11-22-17-6-4-3-5-14(17)9-18(20)21/h3-8,10,12H,9,11H2,1-2H3,(H,20,21). The zero-order valence-corrected chi connectivity index (χ0v) is 14.7. The van der Waals surface area contributed by atoms with Crippen LogP contribution in [-0.2, 0) is 17.8 Å². The van der Waals surface area contributed by atoms with Gasteiger partial charge in [-0.1, -0.05) is 34.1 Å². The number of carboxylic acids is 1. The molecule has 0 fully saturated rings. The second-order valence-corrected chi connectivity index (χ2v) is 6.34. The molecule has 2 aromatic carbocycles. The first-order chi connectivity index (χ1) is 10.9. The van der Waals surface area contributed by atoms with Crippen molar-refractivity contribution in [3.63, 3.8) is 0 Å². The maximum atomic E-state index is 10.9. The summed E-state index contributed by atoms with van der Waals surface area (Å²) in [5.41, 5.74) is 1.61. The Morgan fingerprint density at radius 3 is 2.65 bits per heavy atom. The molecule has 2 aromatic rings. The second-order valence-electron chi connectivity index (χ2n) is 5.43. The van der Waals surface area contributed by atoms with Gasteiger partial charge in [0.25, 0.3) is 0 Å². The minimum absolute atomic E-state index is 0.0592. The Balaban J connectivity index is 2.12. The first-order valence-corrected chi connectivity index (χ1v) is 8.12. The van der Waals surface area contributed by atoms with Crippen molar-refractivity contribution in [2.24, 2.45) is 0 Å². The lowest BCUT2D eigenvalue weighted by Crippen LogP contribution is -2.07. The third-order valence-electron chi connectivity index (χ3n) is 3.01. The number of halogens is 1. The number of hydrogen-bond acceptors (Lipinski definition) is 3. The number of ether oxygens (including phenoxy) is 2. The maximum Gasteiger partial charge on any atom is 0.307 e. The molecule has 0 atom stereocenters. The summed E-state index contributed by atoms with van der Waals surface area (Å²) in [6.07, 6.45) is 0.0328. The van der Waals surface area contributed by atoms with E-state index in [0.29, 0.717) is 17.9 Å². The normalized spacial score (nSPS) is 10.6. The lowest BCUT2D eigenvalue weighted by atomic mass is 10.1. The van der Waals surface area contributed by atoms with E-state index in [-0.39, 0.29) is 12.5 Å². The van der Waals surface area contributed by atoms with Gasteiger partial charge in [0.1, 0.15) is 18.1 Å². The predicted octanol–water partition coefficient (Wildman–Crippen LogP) is 4.44. The third kappa shape index (κ3) is 5.60. The molecule has 122 valence electrons. The zero-order valence-electron chi connectivity index (χ0n) is 13.1. The van der Waals surface area contributed by atoms with Crippen molar-refractivity contribution in [3.05, 3.63) is 58.1 Å². The van der Waals surface area contributed by atoms with Gasteiger partial charge in [0.2, 0.25) is 0 Å². The minimum atomic E-state index is -0.879. The van der Waals surface area contributed by atoms with Crippen LogP contribution in [0, 0.1) is 0 Å². The van der Waals surface area contributed by atoms with Crippen molar-refractivity contribution in [2.75, 3.05) is 0 Å². The molecule has 5 heteroatoms. The number of benzene rings is 2. The van der Waals surface area contributed by atoms with Crippen LogP contribution in [0.2, 0.25) is 0 Å². The summed E-state index contributed by atoms with van der Waals surface area (Å²) in [4.78, 5) is 10.9. The highest BCUT2D eigenvalue weighted by molar-refractivity contribution is 9.10. The number of hydrogen-bond donors (Lipinski definition) is 1. The smallest absolute Gasteiger partial charge is 0.307 e. The van der Waals surface area contributed by atoms with Gasteiger partial charge in [0.15, 0.2) is 0 Å². The van der Waals surface area contributed by atoms with Crippen LogP contribution in [-0.4, -0.2) is 17.2 Å². The van der Waals surface area contributed by atoms with E-state index in [1.54, 1.807) is 18.2 Å². The summed E-state index contributed by atoms with van der Waals surface area (Å²) in [5.74, 6) is 0.476. The summed E-state index contributed by atoms with van der Waals surface area (Å²) in [6, 6.07) is 13.0. The first kappa shape index (κ1) is 17.3. The van der Waals surface area contributed by atoms with E-state index in [2.05, 4.69) is 15.9 Å². The zero-order chi connectivity index (χ0) is 16.8. The van der Waals surface area contributed by atoms with E-state index in [9.17, 15) is 4.79 Å². The molecule has 0 radical (unpaired) electrons. The van der Waals surface area contributed by atoms with E-state index >= 15 is 0 Å². The number of aliphatic carboxylic acids is 1. The average Bonchev–Trinajstić information content (AvgIpc) is 2.44. The van der Waals surface area contributed by atoms with E-state index < -0.39 is 5.97 Å². The summed E-state index contributed by atoms with van der Waals surface area (Å²) >= 11 is 3.46. The van der Waals surface area contributed by atoms with Crippen molar-refractivity contribution in [1.82, 2.24) is 0 Å². The quantitative estimate of drug-likeness (QED) is 0.773.